The van der Waals surface area contributed by atoms with Gasteiger partial charge in [0, 0.05) is 11.3 Å². The zero-order valence-electron chi connectivity index (χ0n) is 11.1. The van der Waals surface area contributed by atoms with Crippen molar-refractivity contribution >= 4 is 5.69 Å². The summed E-state index contributed by atoms with van der Waals surface area (Å²) in [5.41, 5.74) is 4.55. The Kier molecular flexibility index (Phi) is 3.56. The quantitative estimate of drug-likeness (QED) is 0.844. The second-order valence-electron chi connectivity index (χ2n) is 4.72. The molecule has 18 heavy (non-hydrogen) atoms. The molecule has 2 aromatic rings. The van der Waals surface area contributed by atoms with Crippen molar-refractivity contribution in [3.8, 4) is 5.75 Å². The van der Waals surface area contributed by atoms with Crippen LogP contribution in [0.1, 0.15) is 29.7 Å². The highest BCUT2D eigenvalue weighted by Crippen LogP contribution is 2.27. The van der Waals surface area contributed by atoms with Crippen LogP contribution in [0.3, 0.4) is 0 Å². The second kappa shape index (κ2) is 5.13. The van der Waals surface area contributed by atoms with Gasteiger partial charge in [-0.15, -0.1) is 0 Å². The number of rotatable bonds is 3. The van der Waals surface area contributed by atoms with E-state index in [4.69, 9.17) is 0 Å². The molecule has 0 aliphatic carbocycles. The maximum Gasteiger partial charge on any atom is 0.120 e. The Hall–Kier alpha value is -1.96. The van der Waals surface area contributed by atoms with Gasteiger partial charge < -0.3 is 10.4 Å². The molecule has 0 radical (unpaired) electrons. The van der Waals surface area contributed by atoms with Crippen LogP contribution in [0.5, 0.6) is 5.75 Å². The van der Waals surface area contributed by atoms with Gasteiger partial charge in [0.1, 0.15) is 5.75 Å². The molecule has 0 spiro atoms. The number of benzene rings is 2. The van der Waals surface area contributed by atoms with E-state index in [1.165, 1.54) is 11.1 Å². The molecule has 1 unspecified atom stereocenters. The highest BCUT2D eigenvalue weighted by Gasteiger charge is 2.09. The van der Waals surface area contributed by atoms with Gasteiger partial charge in [-0.2, -0.15) is 0 Å². The molecule has 0 saturated carbocycles. The van der Waals surface area contributed by atoms with Gasteiger partial charge in [0.15, 0.2) is 0 Å². The number of phenolic OH excluding ortho intramolecular Hbond substituents is 1. The normalized spacial score (nSPS) is 12.2. The Morgan fingerprint density at radius 3 is 2.39 bits per heavy atom. The molecular formula is C16H19NO. The van der Waals surface area contributed by atoms with Gasteiger partial charge in [0.2, 0.25) is 0 Å². The second-order valence-corrected chi connectivity index (χ2v) is 4.72. The number of aromatic hydroxyl groups is 1. The Labute approximate surface area is 108 Å². The average Bonchev–Trinajstić information content (AvgIpc) is 2.34. The van der Waals surface area contributed by atoms with Gasteiger partial charge in [0.05, 0.1) is 6.04 Å². The monoisotopic (exact) mass is 241 g/mol. The summed E-state index contributed by atoms with van der Waals surface area (Å²) in [6.07, 6.45) is 0. The predicted octanol–water partition coefficient (Wildman–Crippen LogP) is 4.18. The number of anilines is 1. The molecule has 0 aliphatic rings. The summed E-state index contributed by atoms with van der Waals surface area (Å²) >= 11 is 0. The lowest BCUT2D eigenvalue weighted by molar-refractivity contribution is 0.465. The number of phenols is 1. The van der Waals surface area contributed by atoms with Crippen molar-refractivity contribution in [2.24, 2.45) is 0 Å². The molecule has 0 saturated heterocycles. The first kappa shape index (κ1) is 12.5. The number of nitrogens with one attached hydrogen (secondary N) is 1. The van der Waals surface area contributed by atoms with Crippen molar-refractivity contribution in [2.45, 2.75) is 26.8 Å². The van der Waals surface area contributed by atoms with E-state index in [-0.39, 0.29) is 6.04 Å². The summed E-state index contributed by atoms with van der Waals surface area (Å²) in [7, 11) is 0. The minimum atomic E-state index is 0.0771. The Balaban J connectivity index is 2.19. The van der Waals surface area contributed by atoms with Crippen LogP contribution >= 0.6 is 0 Å². The van der Waals surface area contributed by atoms with E-state index in [0.29, 0.717) is 5.75 Å². The third-order valence-electron chi connectivity index (χ3n) is 3.29. The van der Waals surface area contributed by atoms with E-state index in [9.17, 15) is 5.11 Å². The topological polar surface area (TPSA) is 32.3 Å². The highest BCUT2D eigenvalue weighted by atomic mass is 16.3. The van der Waals surface area contributed by atoms with Crippen LogP contribution in [0.2, 0.25) is 0 Å². The third-order valence-corrected chi connectivity index (χ3v) is 3.29. The number of para-hydroxylation sites is 1. The molecule has 0 aromatic heterocycles. The van der Waals surface area contributed by atoms with Gasteiger partial charge in [-0.05, 0) is 50.1 Å². The molecule has 2 N–H and O–H groups in total. The van der Waals surface area contributed by atoms with Gasteiger partial charge >= 0.3 is 0 Å². The summed E-state index contributed by atoms with van der Waals surface area (Å²) in [4.78, 5) is 0. The van der Waals surface area contributed by atoms with Crippen LogP contribution in [0.25, 0.3) is 0 Å². The van der Waals surface area contributed by atoms with Crippen LogP contribution in [0.15, 0.2) is 42.5 Å². The summed E-state index contributed by atoms with van der Waals surface area (Å²) in [6.45, 7) is 6.25. The van der Waals surface area contributed by atoms with E-state index >= 15 is 0 Å². The maximum atomic E-state index is 9.82. The van der Waals surface area contributed by atoms with Crippen LogP contribution < -0.4 is 5.32 Å². The smallest absolute Gasteiger partial charge is 0.120 e. The van der Waals surface area contributed by atoms with Crippen molar-refractivity contribution in [3.05, 3.63) is 59.2 Å². The first-order valence-electron chi connectivity index (χ1n) is 6.19. The van der Waals surface area contributed by atoms with E-state index in [2.05, 4.69) is 37.4 Å². The maximum absolute atomic E-state index is 9.82. The van der Waals surface area contributed by atoms with Crippen LogP contribution in [-0.2, 0) is 0 Å². The summed E-state index contributed by atoms with van der Waals surface area (Å²) in [5.74, 6) is 0.335. The highest BCUT2D eigenvalue weighted by molar-refractivity contribution is 5.50. The molecular weight excluding hydrogens is 222 g/mol. The molecule has 0 amide bonds. The SMILES string of the molecule is Cc1ccc(NC(C)c2ccccc2O)cc1C. The van der Waals surface area contributed by atoms with Gasteiger partial charge in [0.25, 0.3) is 0 Å². The van der Waals surface area contributed by atoms with Crippen molar-refractivity contribution in [1.29, 1.82) is 0 Å². The van der Waals surface area contributed by atoms with Crippen molar-refractivity contribution < 1.29 is 5.11 Å². The minimum Gasteiger partial charge on any atom is -0.508 e. The van der Waals surface area contributed by atoms with Gasteiger partial charge in [-0.25, -0.2) is 0 Å². The fourth-order valence-electron chi connectivity index (χ4n) is 2.01. The fraction of sp³-hybridized carbons (Fsp3) is 0.250. The summed E-state index contributed by atoms with van der Waals surface area (Å²) < 4.78 is 0. The molecule has 2 rings (SSSR count). The molecule has 0 aliphatic heterocycles. The zero-order chi connectivity index (χ0) is 13.1. The summed E-state index contributed by atoms with van der Waals surface area (Å²) in [6, 6.07) is 13.8. The molecule has 2 aromatic carbocycles. The number of hydrogen-bond donors (Lipinski definition) is 2. The number of aryl methyl sites for hydroxylation is 2. The fourth-order valence-corrected chi connectivity index (χ4v) is 2.01. The molecule has 1 atom stereocenters. The predicted molar refractivity (Wildman–Crippen MR) is 76.1 cm³/mol. The minimum absolute atomic E-state index is 0.0771. The van der Waals surface area contributed by atoms with E-state index in [1.54, 1.807) is 6.07 Å². The van der Waals surface area contributed by atoms with Crippen molar-refractivity contribution in [3.63, 3.8) is 0 Å². The van der Waals surface area contributed by atoms with Crippen LogP contribution in [0, 0.1) is 13.8 Å². The standard InChI is InChI=1S/C16H19NO/c1-11-8-9-14(10-12(11)2)17-13(3)15-6-4-5-7-16(15)18/h4-10,13,17-18H,1-3H3. The Morgan fingerprint density at radius 2 is 1.72 bits per heavy atom. The lowest BCUT2D eigenvalue weighted by atomic mass is 10.1. The first-order valence-corrected chi connectivity index (χ1v) is 6.19. The Morgan fingerprint density at radius 1 is 1.00 bits per heavy atom. The van der Waals surface area contributed by atoms with Crippen molar-refractivity contribution in [2.75, 3.05) is 5.32 Å². The van der Waals surface area contributed by atoms with Gasteiger partial charge in [-0.1, -0.05) is 24.3 Å². The van der Waals surface area contributed by atoms with Gasteiger partial charge in [-0.3, -0.25) is 0 Å². The Bertz CT molecular complexity index is 549. The van der Waals surface area contributed by atoms with E-state index < -0.39 is 0 Å². The van der Waals surface area contributed by atoms with Crippen molar-refractivity contribution in [1.82, 2.24) is 0 Å². The average molecular weight is 241 g/mol. The van der Waals surface area contributed by atoms with E-state index in [1.807, 2.05) is 25.1 Å². The molecule has 2 heteroatoms. The molecule has 0 fully saturated rings. The van der Waals surface area contributed by atoms with Crippen LogP contribution in [-0.4, -0.2) is 5.11 Å². The lowest BCUT2D eigenvalue weighted by Gasteiger charge is -2.17. The largest absolute Gasteiger partial charge is 0.508 e. The first-order chi connectivity index (χ1) is 8.58. The third kappa shape index (κ3) is 2.65. The van der Waals surface area contributed by atoms with E-state index in [0.717, 1.165) is 11.3 Å². The zero-order valence-corrected chi connectivity index (χ0v) is 11.1. The number of hydrogen-bond acceptors (Lipinski definition) is 2. The molecule has 0 heterocycles. The molecule has 94 valence electrons. The summed E-state index contributed by atoms with van der Waals surface area (Å²) in [5, 5.41) is 13.2. The molecule has 0 bridgehead atoms. The molecule has 2 nitrogen and oxygen atoms in total. The van der Waals surface area contributed by atoms with Crippen LogP contribution in [0.4, 0.5) is 5.69 Å². The lowest BCUT2D eigenvalue weighted by Crippen LogP contribution is -2.07.